The summed E-state index contributed by atoms with van der Waals surface area (Å²) < 4.78 is 5.39. The molecule has 0 saturated carbocycles. The number of Topliss-reactive ketones (excluding diaryl/α,β-unsaturated/α-hetero) is 1. The molecule has 0 bridgehead atoms. The Morgan fingerprint density at radius 2 is 1.96 bits per heavy atom. The van der Waals surface area contributed by atoms with E-state index < -0.39 is 29.4 Å². The molecule has 0 aromatic carbocycles. The van der Waals surface area contributed by atoms with Crippen molar-refractivity contribution < 1.29 is 24.2 Å². The zero-order chi connectivity index (χ0) is 17.6. The highest BCUT2D eigenvalue weighted by molar-refractivity contribution is 5.99. The van der Waals surface area contributed by atoms with Crippen molar-refractivity contribution in [3.05, 3.63) is 0 Å². The highest BCUT2D eigenvalue weighted by Gasteiger charge is 2.62. The summed E-state index contributed by atoms with van der Waals surface area (Å²) in [7, 11) is 0. The van der Waals surface area contributed by atoms with E-state index in [1.807, 2.05) is 0 Å². The van der Waals surface area contributed by atoms with Crippen LogP contribution in [0.2, 0.25) is 0 Å². The summed E-state index contributed by atoms with van der Waals surface area (Å²) in [4.78, 5) is 39.7. The molecule has 2 heterocycles. The Balaban J connectivity index is 2.16. The van der Waals surface area contributed by atoms with Gasteiger partial charge in [-0.05, 0) is 47.5 Å². The predicted octanol–water partition coefficient (Wildman–Crippen LogP) is 0.937. The van der Waals surface area contributed by atoms with Gasteiger partial charge in [-0.1, -0.05) is 0 Å². The fraction of sp³-hybridized carbons (Fsp3) is 0.812. The van der Waals surface area contributed by atoms with Gasteiger partial charge in [0.05, 0.1) is 12.6 Å². The Morgan fingerprint density at radius 3 is 2.39 bits per heavy atom. The van der Waals surface area contributed by atoms with Gasteiger partial charge in [-0.3, -0.25) is 14.5 Å². The van der Waals surface area contributed by atoms with Crippen LogP contribution < -0.4 is 0 Å². The summed E-state index contributed by atoms with van der Waals surface area (Å²) in [6.45, 7) is 8.92. The number of aliphatic hydroxyl groups is 1. The van der Waals surface area contributed by atoms with Crippen LogP contribution in [-0.4, -0.2) is 69.1 Å². The first kappa shape index (κ1) is 17.7. The Labute approximate surface area is 136 Å². The maximum Gasteiger partial charge on any atom is 0.411 e. The van der Waals surface area contributed by atoms with Gasteiger partial charge < -0.3 is 14.7 Å². The molecule has 0 aromatic rings. The van der Waals surface area contributed by atoms with Crippen molar-refractivity contribution >= 4 is 17.8 Å². The molecular formula is C16H26N2O5. The van der Waals surface area contributed by atoms with E-state index in [4.69, 9.17) is 4.74 Å². The summed E-state index contributed by atoms with van der Waals surface area (Å²) in [5.41, 5.74) is -1.54. The van der Waals surface area contributed by atoms with E-state index in [1.54, 1.807) is 20.8 Å². The average Bonchev–Trinajstić information content (AvgIpc) is 2.81. The molecule has 0 radical (unpaired) electrons. The Hall–Kier alpha value is -1.63. The maximum atomic E-state index is 12.7. The van der Waals surface area contributed by atoms with E-state index in [9.17, 15) is 19.5 Å². The lowest BCUT2D eigenvalue weighted by molar-refractivity contribution is -0.171. The summed E-state index contributed by atoms with van der Waals surface area (Å²) in [6, 6.07) is -0.853. The van der Waals surface area contributed by atoms with Crippen LogP contribution >= 0.6 is 0 Å². The number of ketones is 1. The molecule has 23 heavy (non-hydrogen) atoms. The lowest BCUT2D eigenvalue weighted by Gasteiger charge is -2.53. The van der Waals surface area contributed by atoms with Gasteiger partial charge in [-0.2, -0.15) is 0 Å². The number of aliphatic hydroxyl groups excluding tert-OH is 1. The summed E-state index contributed by atoms with van der Waals surface area (Å²) in [5.74, 6) is -0.535. The van der Waals surface area contributed by atoms with Crippen LogP contribution in [0.5, 0.6) is 0 Å². The SMILES string of the molecule is CC(=O)[C@H]([C@@H](C)O)N1CC2(CCCN2C(=O)OC(C)(C)C)C1=O. The predicted molar refractivity (Wildman–Crippen MR) is 82.8 cm³/mol. The highest BCUT2D eigenvalue weighted by Crippen LogP contribution is 2.41. The van der Waals surface area contributed by atoms with Gasteiger partial charge >= 0.3 is 6.09 Å². The number of rotatable bonds is 3. The highest BCUT2D eigenvalue weighted by atomic mass is 16.6. The minimum absolute atomic E-state index is 0.259. The molecule has 7 heteroatoms. The minimum atomic E-state index is -0.940. The molecule has 2 aliphatic rings. The first-order valence-electron chi connectivity index (χ1n) is 8.00. The normalized spacial score (nSPS) is 27.0. The van der Waals surface area contributed by atoms with Gasteiger partial charge in [0.1, 0.15) is 17.2 Å². The van der Waals surface area contributed by atoms with Crippen molar-refractivity contribution in [3.8, 4) is 0 Å². The molecule has 2 fully saturated rings. The summed E-state index contributed by atoms with van der Waals surface area (Å²) >= 11 is 0. The van der Waals surface area contributed by atoms with Gasteiger partial charge in [0.15, 0.2) is 5.78 Å². The number of ether oxygens (including phenoxy) is 1. The van der Waals surface area contributed by atoms with Gasteiger partial charge in [0.2, 0.25) is 0 Å². The monoisotopic (exact) mass is 326 g/mol. The summed E-state index contributed by atoms with van der Waals surface area (Å²) in [6.07, 6.45) is -0.158. The molecule has 1 spiro atoms. The number of hydrogen-bond donors (Lipinski definition) is 1. The van der Waals surface area contributed by atoms with Crippen LogP contribution in [-0.2, 0) is 14.3 Å². The number of carbonyl (C=O) groups is 3. The zero-order valence-corrected chi connectivity index (χ0v) is 14.5. The number of likely N-dealkylation sites (tertiary alicyclic amines) is 2. The van der Waals surface area contributed by atoms with E-state index in [0.717, 1.165) is 6.42 Å². The van der Waals surface area contributed by atoms with E-state index in [0.29, 0.717) is 13.0 Å². The Morgan fingerprint density at radius 1 is 1.35 bits per heavy atom. The molecular weight excluding hydrogens is 300 g/mol. The van der Waals surface area contributed by atoms with E-state index in [-0.39, 0.29) is 18.2 Å². The molecule has 3 atom stereocenters. The number of β-lactam (4-membered cyclic amide) rings is 1. The first-order chi connectivity index (χ1) is 10.5. The molecule has 2 rings (SSSR count). The third kappa shape index (κ3) is 3.06. The third-order valence-electron chi connectivity index (χ3n) is 4.40. The van der Waals surface area contributed by atoms with E-state index >= 15 is 0 Å². The van der Waals surface area contributed by atoms with Gasteiger partial charge in [0.25, 0.3) is 5.91 Å². The molecule has 7 nitrogen and oxygen atoms in total. The molecule has 2 aliphatic heterocycles. The second-order valence-corrected chi connectivity index (χ2v) is 7.50. The third-order valence-corrected chi connectivity index (χ3v) is 4.40. The van der Waals surface area contributed by atoms with Crippen molar-refractivity contribution in [3.63, 3.8) is 0 Å². The van der Waals surface area contributed by atoms with Crippen molar-refractivity contribution in [1.29, 1.82) is 0 Å². The fourth-order valence-electron chi connectivity index (χ4n) is 3.49. The number of hydrogen-bond acceptors (Lipinski definition) is 5. The van der Waals surface area contributed by atoms with Crippen molar-refractivity contribution in [2.24, 2.45) is 0 Å². The van der Waals surface area contributed by atoms with Crippen LogP contribution in [0, 0.1) is 0 Å². The van der Waals surface area contributed by atoms with Gasteiger partial charge in [0, 0.05) is 6.54 Å². The van der Waals surface area contributed by atoms with Crippen LogP contribution in [0.4, 0.5) is 4.79 Å². The number of nitrogens with zero attached hydrogens (tertiary/aromatic N) is 2. The van der Waals surface area contributed by atoms with Crippen LogP contribution in [0.25, 0.3) is 0 Å². The van der Waals surface area contributed by atoms with Crippen LogP contribution in [0.1, 0.15) is 47.5 Å². The topological polar surface area (TPSA) is 87.2 Å². The van der Waals surface area contributed by atoms with Gasteiger partial charge in [-0.25, -0.2) is 4.79 Å². The Bertz CT molecular complexity index is 525. The van der Waals surface area contributed by atoms with Crippen molar-refractivity contribution in [2.75, 3.05) is 13.1 Å². The van der Waals surface area contributed by atoms with Gasteiger partial charge in [-0.15, -0.1) is 0 Å². The largest absolute Gasteiger partial charge is 0.444 e. The standard InChI is InChI=1S/C16H26N2O5/c1-10(19)12(11(2)20)17-9-16(13(17)21)7-6-8-18(16)14(22)23-15(3,4)5/h10,12,19H,6-9H2,1-5H3/t10-,12+,16?/m1/s1. The molecule has 1 unspecified atom stereocenters. The molecule has 2 amide bonds. The molecule has 0 aromatic heterocycles. The Kier molecular flexibility index (Phi) is 4.45. The quantitative estimate of drug-likeness (QED) is 0.780. The molecule has 2 saturated heterocycles. The number of carbonyl (C=O) groups excluding carboxylic acids is 3. The lowest BCUT2D eigenvalue weighted by Crippen LogP contribution is -2.76. The molecule has 0 aliphatic carbocycles. The van der Waals surface area contributed by atoms with Crippen molar-refractivity contribution in [2.45, 2.75) is 70.7 Å². The second kappa shape index (κ2) is 5.78. The maximum absolute atomic E-state index is 12.7. The average molecular weight is 326 g/mol. The smallest absolute Gasteiger partial charge is 0.411 e. The molecule has 1 N–H and O–H groups in total. The first-order valence-corrected chi connectivity index (χ1v) is 8.00. The number of amides is 2. The fourth-order valence-corrected chi connectivity index (χ4v) is 3.49. The zero-order valence-electron chi connectivity index (χ0n) is 14.5. The summed E-state index contributed by atoms with van der Waals surface area (Å²) in [5, 5.41) is 9.77. The van der Waals surface area contributed by atoms with Crippen molar-refractivity contribution in [1.82, 2.24) is 9.80 Å². The van der Waals surface area contributed by atoms with Crippen LogP contribution in [0.15, 0.2) is 0 Å². The lowest BCUT2D eigenvalue weighted by atomic mass is 9.83. The van der Waals surface area contributed by atoms with E-state index in [1.165, 1.54) is 23.6 Å². The molecule has 130 valence electrons. The minimum Gasteiger partial charge on any atom is -0.444 e. The van der Waals surface area contributed by atoms with E-state index in [2.05, 4.69) is 0 Å². The van der Waals surface area contributed by atoms with Crippen LogP contribution in [0.3, 0.4) is 0 Å². The second-order valence-electron chi connectivity index (χ2n) is 7.50.